The number of nitrogens with two attached hydrogens (primary N) is 1. The SMILES string of the molecule is Cc1ccc(C(O)(C(F)(F)F)C(F)(F)F)cc1-c1cnc2c(N)nc(-c3ccnn3C)cn12. The van der Waals surface area contributed by atoms with Crippen LogP contribution >= 0.6 is 0 Å². The van der Waals surface area contributed by atoms with Crippen LogP contribution in [0.4, 0.5) is 32.2 Å². The van der Waals surface area contributed by atoms with Crippen molar-refractivity contribution in [3.05, 3.63) is 54.0 Å². The van der Waals surface area contributed by atoms with Crippen LogP contribution in [0.1, 0.15) is 11.1 Å². The number of hydrogen-bond acceptors (Lipinski definition) is 5. The van der Waals surface area contributed by atoms with Gasteiger partial charge in [0, 0.05) is 30.6 Å². The summed E-state index contributed by atoms with van der Waals surface area (Å²) in [7, 11) is 1.66. The number of rotatable bonds is 3. The van der Waals surface area contributed by atoms with Crippen LogP contribution in [-0.2, 0) is 12.6 Å². The maximum atomic E-state index is 13.4. The van der Waals surface area contributed by atoms with Gasteiger partial charge in [-0.05, 0) is 24.6 Å². The van der Waals surface area contributed by atoms with Crippen LogP contribution in [0.5, 0.6) is 0 Å². The lowest BCUT2D eigenvalue weighted by molar-refractivity contribution is -0.376. The minimum absolute atomic E-state index is 0.00385. The third-order valence-corrected chi connectivity index (χ3v) is 5.35. The molecule has 0 amide bonds. The maximum absolute atomic E-state index is 13.4. The number of aromatic nitrogens is 5. The molecule has 4 aromatic rings. The number of aryl methyl sites for hydroxylation is 2. The second kappa shape index (κ2) is 7.20. The predicted molar refractivity (Wildman–Crippen MR) is 106 cm³/mol. The predicted octanol–water partition coefficient (Wildman–Crippen LogP) is 4.00. The van der Waals surface area contributed by atoms with Crippen LogP contribution in [0.15, 0.2) is 42.9 Å². The van der Waals surface area contributed by atoms with Crippen LogP contribution < -0.4 is 5.73 Å². The van der Waals surface area contributed by atoms with Gasteiger partial charge in [-0.2, -0.15) is 31.4 Å². The minimum atomic E-state index is -6.00. The van der Waals surface area contributed by atoms with E-state index in [0.717, 1.165) is 6.07 Å². The Bertz CT molecular complexity index is 1340. The highest BCUT2D eigenvalue weighted by molar-refractivity contribution is 5.74. The summed E-state index contributed by atoms with van der Waals surface area (Å²) < 4.78 is 83.3. The Labute approximate surface area is 182 Å². The zero-order chi connectivity index (χ0) is 24.3. The van der Waals surface area contributed by atoms with Crippen LogP contribution in [0, 0.1) is 6.92 Å². The summed E-state index contributed by atoms with van der Waals surface area (Å²) in [6.45, 7) is 1.51. The average Bonchev–Trinajstić information content (AvgIpc) is 3.32. The quantitative estimate of drug-likeness (QED) is 0.442. The van der Waals surface area contributed by atoms with Gasteiger partial charge in [0.25, 0.3) is 5.60 Å². The fourth-order valence-electron chi connectivity index (χ4n) is 3.57. The molecule has 0 bridgehead atoms. The van der Waals surface area contributed by atoms with E-state index < -0.39 is 23.5 Å². The highest BCUT2D eigenvalue weighted by Gasteiger charge is 2.71. The van der Waals surface area contributed by atoms with Gasteiger partial charge in [-0.1, -0.05) is 12.1 Å². The first kappa shape index (κ1) is 22.6. The normalized spacial score (nSPS) is 13.1. The average molecular weight is 470 g/mol. The monoisotopic (exact) mass is 470 g/mol. The van der Waals surface area contributed by atoms with Gasteiger partial charge in [0.15, 0.2) is 11.5 Å². The van der Waals surface area contributed by atoms with Crippen molar-refractivity contribution in [2.24, 2.45) is 7.05 Å². The molecule has 0 aliphatic heterocycles. The number of fused-ring (bicyclic) bond motifs is 1. The number of alkyl halides is 6. The standard InChI is InChI=1S/C20H16F6N6O/c1-10-3-4-11(18(33,19(21,22)23)20(24,25)26)7-12(10)15-8-28-17-16(27)30-13(9-32(15)17)14-5-6-29-31(14)2/h3-9,33H,1-2H3,(H2,27,30). The molecule has 4 rings (SSSR count). The van der Waals surface area contributed by atoms with E-state index in [0.29, 0.717) is 29.1 Å². The molecule has 3 heterocycles. The fraction of sp³-hybridized carbons (Fsp3) is 0.250. The molecular weight excluding hydrogens is 454 g/mol. The van der Waals surface area contributed by atoms with Crippen molar-refractivity contribution >= 4 is 11.5 Å². The van der Waals surface area contributed by atoms with Crippen molar-refractivity contribution in [1.29, 1.82) is 0 Å². The summed E-state index contributed by atoms with van der Waals surface area (Å²) in [6.07, 6.45) is -7.73. The molecule has 0 aliphatic carbocycles. The Morgan fingerprint density at radius 1 is 1.00 bits per heavy atom. The topological polar surface area (TPSA) is 94.3 Å². The van der Waals surface area contributed by atoms with E-state index in [1.54, 1.807) is 13.1 Å². The first-order valence-electron chi connectivity index (χ1n) is 9.35. The first-order chi connectivity index (χ1) is 15.3. The lowest BCUT2D eigenvalue weighted by atomic mass is 9.89. The number of hydrogen-bond donors (Lipinski definition) is 2. The highest BCUT2D eigenvalue weighted by Crippen LogP contribution is 2.50. The largest absolute Gasteiger partial charge is 0.430 e. The maximum Gasteiger partial charge on any atom is 0.430 e. The molecule has 0 radical (unpaired) electrons. The van der Waals surface area contributed by atoms with Gasteiger partial charge in [0.1, 0.15) is 5.69 Å². The number of imidazole rings is 1. The van der Waals surface area contributed by atoms with E-state index in [9.17, 15) is 31.4 Å². The van der Waals surface area contributed by atoms with Gasteiger partial charge in [-0.25, -0.2) is 9.97 Å². The van der Waals surface area contributed by atoms with Crippen LogP contribution in [0.3, 0.4) is 0 Å². The number of benzene rings is 1. The second-order valence-corrected chi connectivity index (χ2v) is 7.42. The third-order valence-electron chi connectivity index (χ3n) is 5.35. The Morgan fingerprint density at radius 3 is 2.24 bits per heavy atom. The Hall–Kier alpha value is -3.61. The molecule has 0 aliphatic rings. The lowest BCUT2D eigenvalue weighted by Crippen LogP contribution is -2.53. The van der Waals surface area contributed by atoms with E-state index in [2.05, 4.69) is 15.1 Å². The lowest BCUT2D eigenvalue weighted by Gasteiger charge is -2.33. The minimum Gasteiger partial charge on any atom is -0.381 e. The van der Waals surface area contributed by atoms with Crippen molar-refractivity contribution < 1.29 is 31.4 Å². The highest BCUT2D eigenvalue weighted by atomic mass is 19.4. The van der Waals surface area contributed by atoms with E-state index in [1.165, 1.54) is 34.6 Å². The van der Waals surface area contributed by atoms with Crippen molar-refractivity contribution in [1.82, 2.24) is 24.1 Å². The molecule has 33 heavy (non-hydrogen) atoms. The van der Waals surface area contributed by atoms with Crippen LogP contribution in [0.2, 0.25) is 0 Å². The molecule has 0 atom stereocenters. The number of nitrogens with zero attached hydrogens (tertiary/aromatic N) is 5. The van der Waals surface area contributed by atoms with Gasteiger partial charge >= 0.3 is 12.4 Å². The Balaban J connectivity index is 1.96. The van der Waals surface area contributed by atoms with E-state index in [-0.39, 0.29) is 22.7 Å². The summed E-state index contributed by atoms with van der Waals surface area (Å²) in [5.41, 5.74) is 1.16. The summed E-state index contributed by atoms with van der Waals surface area (Å²) >= 11 is 0. The van der Waals surface area contributed by atoms with Crippen molar-refractivity contribution in [3.63, 3.8) is 0 Å². The van der Waals surface area contributed by atoms with Crippen LogP contribution in [0.25, 0.3) is 28.3 Å². The molecule has 13 heteroatoms. The third kappa shape index (κ3) is 3.39. The first-order valence-corrected chi connectivity index (χ1v) is 9.35. The molecule has 0 spiro atoms. The molecule has 3 N–H and O–H groups in total. The Kier molecular flexibility index (Phi) is 4.93. The molecule has 1 aromatic carbocycles. The molecule has 7 nitrogen and oxygen atoms in total. The molecule has 3 aromatic heterocycles. The number of halogens is 6. The molecule has 0 unspecified atom stereocenters. The molecule has 174 valence electrons. The summed E-state index contributed by atoms with van der Waals surface area (Å²) in [5, 5.41) is 13.9. The van der Waals surface area contributed by atoms with Crippen LogP contribution in [-0.4, -0.2) is 41.6 Å². The molecular formula is C20H16F6N6O. The second-order valence-electron chi connectivity index (χ2n) is 7.42. The number of nitrogen functional groups attached to an aromatic ring is 1. The molecule has 0 saturated carbocycles. The van der Waals surface area contributed by atoms with E-state index >= 15 is 0 Å². The van der Waals surface area contributed by atoms with E-state index in [1.807, 2.05) is 0 Å². The zero-order valence-electron chi connectivity index (χ0n) is 17.1. The zero-order valence-corrected chi connectivity index (χ0v) is 17.1. The fourth-order valence-corrected chi connectivity index (χ4v) is 3.57. The van der Waals surface area contributed by atoms with Crippen molar-refractivity contribution in [2.75, 3.05) is 5.73 Å². The van der Waals surface area contributed by atoms with Gasteiger partial charge in [-0.15, -0.1) is 0 Å². The Morgan fingerprint density at radius 2 is 1.67 bits per heavy atom. The van der Waals surface area contributed by atoms with Crippen molar-refractivity contribution in [2.45, 2.75) is 24.9 Å². The number of aliphatic hydroxyl groups is 1. The van der Waals surface area contributed by atoms with Gasteiger partial charge in [0.2, 0.25) is 0 Å². The number of anilines is 1. The van der Waals surface area contributed by atoms with Gasteiger partial charge in [0.05, 0.1) is 17.6 Å². The smallest absolute Gasteiger partial charge is 0.381 e. The molecule has 0 fully saturated rings. The summed E-state index contributed by atoms with van der Waals surface area (Å²) in [5.74, 6) is -0.00385. The molecule has 0 saturated heterocycles. The van der Waals surface area contributed by atoms with E-state index in [4.69, 9.17) is 5.73 Å². The van der Waals surface area contributed by atoms with Gasteiger partial charge < -0.3 is 10.8 Å². The van der Waals surface area contributed by atoms with Gasteiger partial charge in [-0.3, -0.25) is 9.08 Å². The summed E-state index contributed by atoms with van der Waals surface area (Å²) in [4.78, 5) is 8.37. The van der Waals surface area contributed by atoms with Crippen molar-refractivity contribution in [3.8, 4) is 22.6 Å². The summed E-state index contributed by atoms with van der Waals surface area (Å²) in [6, 6.07) is 3.97.